The Kier molecular flexibility index (Phi) is 4.13. The molecule has 1 fully saturated rings. The second kappa shape index (κ2) is 5.81. The Labute approximate surface area is 112 Å². The van der Waals surface area contributed by atoms with Gasteiger partial charge in [-0.3, -0.25) is 9.59 Å². The van der Waals surface area contributed by atoms with Gasteiger partial charge in [0.05, 0.1) is 13.1 Å². The van der Waals surface area contributed by atoms with Gasteiger partial charge in [0, 0.05) is 6.54 Å². The molecule has 104 valence electrons. The van der Waals surface area contributed by atoms with Gasteiger partial charge < -0.3 is 10.2 Å². The lowest BCUT2D eigenvalue weighted by atomic mass is 10.1. The molecule has 7 nitrogen and oxygen atoms in total. The van der Waals surface area contributed by atoms with E-state index in [-0.39, 0.29) is 18.4 Å². The summed E-state index contributed by atoms with van der Waals surface area (Å²) in [4.78, 5) is 29.7. The summed E-state index contributed by atoms with van der Waals surface area (Å²) in [5.41, 5.74) is 0. The molecule has 1 aromatic heterocycles. The molecule has 2 heterocycles. The topological polar surface area (TPSA) is 80.1 Å². The maximum atomic E-state index is 12.0. The van der Waals surface area contributed by atoms with E-state index in [1.54, 1.807) is 9.58 Å². The quantitative estimate of drug-likeness (QED) is 0.808. The van der Waals surface area contributed by atoms with Crippen LogP contribution >= 0.6 is 0 Å². The van der Waals surface area contributed by atoms with Crippen molar-refractivity contribution in [1.82, 2.24) is 25.0 Å². The summed E-state index contributed by atoms with van der Waals surface area (Å²) in [6.07, 6.45) is 2.99. The Balaban J connectivity index is 2.18. The third-order valence-electron chi connectivity index (χ3n) is 3.28. The van der Waals surface area contributed by atoms with Crippen LogP contribution in [0.2, 0.25) is 0 Å². The monoisotopic (exact) mass is 265 g/mol. The standard InChI is InChI=1S/C12H19N5O2/c1-3-5-9-12(19)13-6-11(18)16(9)7-10-14-8-15-17(10)4-2/h8-9H,3-7H2,1-2H3,(H,13,19). The first-order valence-electron chi connectivity index (χ1n) is 6.61. The SMILES string of the molecule is CCCC1C(=O)NCC(=O)N1Cc1ncnn1CC. The van der Waals surface area contributed by atoms with Gasteiger partial charge in [-0.1, -0.05) is 13.3 Å². The molecule has 1 N–H and O–H groups in total. The highest BCUT2D eigenvalue weighted by Crippen LogP contribution is 2.14. The van der Waals surface area contributed by atoms with Gasteiger partial charge in [0.2, 0.25) is 11.8 Å². The lowest BCUT2D eigenvalue weighted by Gasteiger charge is -2.34. The number of aromatic nitrogens is 3. The van der Waals surface area contributed by atoms with E-state index in [1.165, 1.54) is 6.33 Å². The van der Waals surface area contributed by atoms with Gasteiger partial charge in [-0.05, 0) is 13.3 Å². The molecule has 2 amide bonds. The molecule has 7 heteroatoms. The van der Waals surface area contributed by atoms with Crippen molar-refractivity contribution >= 4 is 11.8 Å². The largest absolute Gasteiger partial charge is 0.345 e. The Hall–Kier alpha value is -1.92. The fraction of sp³-hybridized carbons (Fsp3) is 0.667. The van der Waals surface area contributed by atoms with E-state index >= 15 is 0 Å². The van der Waals surface area contributed by atoms with Crippen LogP contribution in [0.4, 0.5) is 0 Å². The van der Waals surface area contributed by atoms with Crippen molar-refractivity contribution in [3.63, 3.8) is 0 Å². The second-order valence-electron chi connectivity index (χ2n) is 4.54. The number of amides is 2. The maximum Gasteiger partial charge on any atom is 0.243 e. The van der Waals surface area contributed by atoms with E-state index < -0.39 is 6.04 Å². The van der Waals surface area contributed by atoms with Crippen LogP contribution in [0.3, 0.4) is 0 Å². The number of nitrogens with one attached hydrogen (secondary N) is 1. The normalized spacial score (nSPS) is 19.7. The molecule has 0 spiro atoms. The molecule has 1 aromatic rings. The van der Waals surface area contributed by atoms with Crippen LogP contribution in [0.25, 0.3) is 0 Å². The average Bonchev–Trinajstić information content (AvgIpc) is 2.85. The van der Waals surface area contributed by atoms with Gasteiger partial charge in [-0.2, -0.15) is 5.10 Å². The molecule has 0 aliphatic carbocycles. The zero-order valence-electron chi connectivity index (χ0n) is 11.3. The summed E-state index contributed by atoms with van der Waals surface area (Å²) in [6, 6.07) is -0.395. The smallest absolute Gasteiger partial charge is 0.243 e. The summed E-state index contributed by atoms with van der Waals surface area (Å²) < 4.78 is 1.74. The van der Waals surface area contributed by atoms with E-state index in [9.17, 15) is 9.59 Å². The van der Waals surface area contributed by atoms with Crippen molar-refractivity contribution in [2.45, 2.75) is 45.8 Å². The van der Waals surface area contributed by atoms with Crippen LogP contribution in [0.15, 0.2) is 6.33 Å². The van der Waals surface area contributed by atoms with E-state index in [1.807, 2.05) is 13.8 Å². The fourth-order valence-electron chi connectivity index (χ4n) is 2.28. The van der Waals surface area contributed by atoms with E-state index in [4.69, 9.17) is 0 Å². The first-order valence-corrected chi connectivity index (χ1v) is 6.61. The minimum atomic E-state index is -0.395. The number of piperazine rings is 1. The van der Waals surface area contributed by atoms with Gasteiger partial charge in [0.1, 0.15) is 18.2 Å². The summed E-state index contributed by atoms with van der Waals surface area (Å²) >= 11 is 0. The van der Waals surface area contributed by atoms with E-state index in [0.29, 0.717) is 25.3 Å². The van der Waals surface area contributed by atoms with Crippen LogP contribution in [-0.2, 0) is 22.7 Å². The van der Waals surface area contributed by atoms with Gasteiger partial charge >= 0.3 is 0 Å². The number of rotatable bonds is 5. The van der Waals surface area contributed by atoms with Gasteiger partial charge in [-0.25, -0.2) is 9.67 Å². The lowest BCUT2D eigenvalue weighted by Crippen LogP contribution is -2.58. The first kappa shape index (κ1) is 13.5. The van der Waals surface area contributed by atoms with Gasteiger partial charge in [-0.15, -0.1) is 0 Å². The van der Waals surface area contributed by atoms with Crippen molar-refractivity contribution in [2.75, 3.05) is 6.54 Å². The zero-order valence-corrected chi connectivity index (χ0v) is 11.3. The molecule has 1 aliphatic heterocycles. The fourth-order valence-corrected chi connectivity index (χ4v) is 2.28. The number of aryl methyl sites for hydroxylation is 1. The number of carbonyl (C=O) groups is 2. The molecule has 1 unspecified atom stereocenters. The molecule has 0 radical (unpaired) electrons. The summed E-state index contributed by atoms with van der Waals surface area (Å²) in [6.45, 7) is 5.07. The third-order valence-corrected chi connectivity index (χ3v) is 3.28. The zero-order chi connectivity index (χ0) is 13.8. The third kappa shape index (κ3) is 2.74. The number of nitrogens with zero attached hydrogens (tertiary/aromatic N) is 4. The predicted octanol–water partition coefficient (Wildman–Crippen LogP) is -0.0749. The van der Waals surface area contributed by atoms with Crippen molar-refractivity contribution in [3.8, 4) is 0 Å². The highest BCUT2D eigenvalue weighted by Gasteiger charge is 2.34. The van der Waals surface area contributed by atoms with Crippen LogP contribution in [-0.4, -0.2) is 44.1 Å². The number of carbonyl (C=O) groups excluding carboxylic acids is 2. The molecule has 0 aromatic carbocycles. The second-order valence-corrected chi connectivity index (χ2v) is 4.54. The highest BCUT2D eigenvalue weighted by molar-refractivity contribution is 5.94. The van der Waals surface area contributed by atoms with Crippen LogP contribution in [0.1, 0.15) is 32.5 Å². The lowest BCUT2D eigenvalue weighted by molar-refractivity contribution is -0.146. The molecular weight excluding hydrogens is 246 g/mol. The predicted molar refractivity (Wildman–Crippen MR) is 68.0 cm³/mol. The Bertz CT molecular complexity index is 470. The minimum Gasteiger partial charge on any atom is -0.345 e. The maximum absolute atomic E-state index is 12.0. The summed E-state index contributed by atoms with van der Waals surface area (Å²) in [5.74, 6) is 0.569. The Morgan fingerprint density at radius 1 is 1.42 bits per heavy atom. The number of hydrogen-bond donors (Lipinski definition) is 1. The molecule has 0 bridgehead atoms. The molecule has 0 saturated carbocycles. The van der Waals surface area contributed by atoms with Crippen LogP contribution < -0.4 is 5.32 Å². The molecular formula is C12H19N5O2. The van der Waals surface area contributed by atoms with E-state index in [2.05, 4.69) is 15.4 Å². The number of hydrogen-bond acceptors (Lipinski definition) is 4. The minimum absolute atomic E-state index is 0.0660. The van der Waals surface area contributed by atoms with E-state index in [0.717, 1.165) is 6.42 Å². The summed E-state index contributed by atoms with van der Waals surface area (Å²) in [7, 11) is 0. The highest BCUT2D eigenvalue weighted by atomic mass is 16.2. The molecule has 1 saturated heterocycles. The Morgan fingerprint density at radius 3 is 2.89 bits per heavy atom. The average molecular weight is 265 g/mol. The van der Waals surface area contributed by atoms with Gasteiger partial charge in [0.15, 0.2) is 0 Å². The van der Waals surface area contributed by atoms with Crippen molar-refractivity contribution in [2.24, 2.45) is 0 Å². The Morgan fingerprint density at radius 2 is 2.21 bits per heavy atom. The van der Waals surface area contributed by atoms with Crippen LogP contribution in [0, 0.1) is 0 Å². The van der Waals surface area contributed by atoms with Crippen molar-refractivity contribution in [1.29, 1.82) is 0 Å². The summed E-state index contributed by atoms with van der Waals surface area (Å²) in [5, 5.41) is 6.71. The molecule has 19 heavy (non-hydrogen) atoms. The van der Waals surface area contributed by atoms with Crippen molar-refractivity contribution in [3.05, 3.63) is 12.2 Å². The first-order chi connectivity index (χ1) is 9.17. The molecule has 2 rings (SSSR count). The molecule has 1 aliphatic rings. The van der Waals surface area contributed by atoms with Crippen LogP contribution in [0.5, 0.6) is 0 Å². The molecule has 1 atom stereocenters. The van der Waals surface area contributed by atoms with Crippen molar-refractivity contribution < 1.29 is 9.59 Å². The van der Waals surface area contributed by atoms with Gasteiger partial charge in [0.25, 0.3) is 0 Å².